The van der Waals surface area contributed by atoms with Crippen molar-refractivity contribution in [3.05, 3.63) is 59.7 Å². The van der Waals surface area contributed by atoms with E-state index in [9.17, 15) is 28.7 Å². The Balaban J connectivity index is 2.42. The minimum Gasteiger partial charge on any atom is -0.376 e. The molecule has 124 valence electrons. The van der Waals surface area contributed by atoms with Crippen LogP contribution in [0.5, 0.6) is 0 Å². The van der Waals surface area contributed by atoms with Crippen molar-refractivity contribution in [2.75, 3.05) is 0 Å². The molecule has 0 heterocycles. The maximum Gasteiger partial charge on any atom is 0.421 e. The third kappa shape index (κ3) is 3.09. The maximum atomic E-state index is 12.8. The smallest absolute Gasteiger partial charge is 0.376 e. The number of aryl methyl sites for hydroxylation is 1. The van der Waals surface area contributed by atoms with Gasteiger partial charge >= 0.3 is 6.18 Å². The van der Waals surface area contributed by atoms with Gasteiger partial charge in [-0.25, -0.2) is 0 Å². The standard InChI is InChI=1S/C16H17F3NO3/c1-11-5-3-4-6-14(11)20(22,23)13-9-7-12(8-10-13)15(2,21)16(17,18)19/h3-10,21-23H,1-2H3/q+1. The Labute approximate surface area is 131 Å². The first kappa shape index (κ1) is 17.4. The van der Waals surface area contributed by atoms with Gasteiger partial charge < -0.3 is 5.11 Å². The molecular weight excluding hydrogens is 311 g/mol. The summed E-state index contributed by atoms with van der Waals surface area (Å²) >= 11 is 0. The zero-order valence-electron chi connectivity index (χ0n) is 12.5. The second-order valence-corrected chi connectivity index (χ2v) is 5.50. The monoisotopic (exact) mass is 328 g/mol. The molecule has 0 spiro atoms. The molecule has 1 unspecified atom stereocenters. The maximum absolute atomic E-state index is 12.8. The predicted octanol–water partition coefficient (Wildman–Crippen LogP) is 4.18. The number of hydrogen-bond donors (Lipinski definition) is 3. The summed E-state index contributed by atoms with van der Waals surface area (Å²) in [7, 11) is 0. The van der Waals surface area contributed by atoms with E-state index in [0.29, 0.717) is 12.5 Å². The first-order valence-electron chi connectivity index (χ1n) is 6.79. The summed E-state index contributed by atoms with van der Waals surface area (Å²) in [6.45, 7) is 2.32. The summed E-state index contributed by atoms with van der Waals surface area (Å²) in [6, 6.07) is 10.8. The molecular formula is C16H17F3NO3+. The fraction of sp³-hybridized carbons (Fsp3) is 0.250. The van der Waals surface area contributed by atoms with Crippen LogP contribution in [0.15, 0.2) is 48.5 Å². The van der Waals surface area contributed by atoms with Gasteiger partial charge in [-0.3, -0.25) is 0 Å². The Hall–Kier alpha value is -1.93. The number of benzene rings is 2. The van der Waals surface area contributed by atoms with Crippen molar-refractivity contribution in [1.82, 2.24) is 4.81 Å². The molecule has 0 aromatic heterocycles. The molecule has 0 aliphatic carbocycles. The summed E-state index contributed by atoms with van der Waals surface area (Å²) in [5.41, 5.74) is -2.69. The fourth-order valence-electron chi connectivity index (χ4n) is 2.21. The molecule has 0 aliphatic heterocycles. The van der Waals surface area contributed by atoms with Crippen LogP contribution in [-0.2, 0) is 5.60 Å². The molecule has 0 fully saturated rings. The number of halogens is 3. The van der Waals surface area contributed by atoms with Gasteiger partial charge in [0.1, 0.15) is 0 Å². The summed E-state index contributed by atoms with van der Waals surface area (Å²) < 4.78 is 38.5. The molecule has 3 N–H and O–H groups in total. The molecule has 2 aromatic carbocycles. The predicted molar refractivity (Wildman–Crippen MR) is 78.3 cm³/mol. The van der Waals surface area contributed by atoms with Gasteiger partial charge in [0.2, 0.25) is 11.4 Å². The van der Waals surface area contributed by atoms with Crippen LogP contribution < -0.4 is 4.81 Å². The van der Waals surface area contributed by atoms with Crippen molar-refractivity contribution < 1.29 is 28.7 Å². The van der Waals surface area contributed by atoms with Gasteiger partial charge in [0.15, 0.2) is 5.60 Å². The molecule has 1 atom stereocenters. The van der Waals surface area contributed by atoms with Crippen LogP contribution in [0.1, 0.15) is 18.1 Å². The third-order valence-corrected chi connectivity index (χ3v) is 3.79. The van der Waals surface area contributed by atoms with Gasteiger partial charge in [-0.05, 0) is 31.5 Å². The minimum atomic E-state index is -4.84. The third-order valence-electron chi connectivity index (χ3n) is 3.79. The number of alkyl halides is 3. The van der Waals surface area contributed by atoms with E-state index in [0.717, 1.165) is 24.3 Å². The van der Waals surface area contributed by atoms with Crippen LogP contribution in [0.2, 0.25) is 0 Å². The summed E-state index contributed by atoms with van der Waals surface area (Å²) in [4.78, 5) is -1.60. The van der Waals surface area contributed by atoms with Crippen molar-refractivity contribution in [3.8, 4) is 0 Å². The summed E-state index contributed by atoms with van der Waals surface area (Å²) in [5.74, 6) is 0. The lowest BCUT2D eigenvalue weighted by atomic mass is 9.95. The quantitative estimate of drug-likeness (QED) is 0.585. The average Bonchev–Trinajstić information content (AvgIpc) is 2.46. The van der Waals surface area contributed by atoms with E-state index < -0.39 is 22.2 Å². The second kappa shape index (κ2) is 5.61. The van der Waals surface area contributed by atoms with E-state index in [1.165, 1.54) is 6.07 Å². The van der Waals surface area contributed by atoms with Crippen molar-refractivity contribution in [1.29, 1.82) is 0 Å². The highest BCUT2D eigenvalue weighted by molar-refractivity contribution is 5.57. The van der Waals surface area contributed by atoms with Crippen LogP contribution >= 0.6 is 0 Å². The van der Waals surface area contributed by atoms with Gasteiger partial charge in [0.25, 0.3) is 0 Å². The molecule has 0 bridgehead atoms. The summed E-state index contributed by atoms with van der Waals surface area (Å²) in [6.07, 6.45) is -4.84. The molecule has 2 rings (SSSR count). The zero-order valence-corrected chi connectivity index (χ0v) is 12.5. The second-order valence-electron chi connectivity index (χ2n) is 5.50. The van der Waals surface area contributed by atoms with Crippen molar-refractivity contribution in [2.24, 2.45) is 0 Å². The Morgan fingerprint density at radius 1 is 0.913 bits per heavy atom. The van der Waals surface area contributed by atoms with Gasteiger partial charge in [0.05, 0.1) is 0 Å². The van der Waals surface area contributed by atoms with E-state index in [1.807, 2.05) is 0 Å². The topological polar surface area (TPSA) is 60.7 Å². The van der Waals surface area contributed by atoms with E-state index in [-0.39, 0.29) is 11.4 Å². The van der Waals surface area contributed by atoms with Crippen molar-refractivity contribution in [3.63, 3.8) is 0 Å². The SMILES string of the molecule is Cc1ccccc1[N+](O)(O)c1ccc(C(C)(O)C(F)(F)F)cc1. The molecule has 2 aromatic rings. The lowest BCUT2D eigenvalue weighted by Gasteiger charge is -2.27. The number of nitrogens with zero attached hydrogens (tertiary/aromatic N) is 1. The Morgan fingerprint density at radius 3 is 1.91 bits per heavy atom. The zero-order chi connectivity index (χ0) is 17.5. The Kier molecular flexibility index (Phi) is 4.25. The summed E-state index contributed by atoms with van der Waals surface area (Å²) in [5, 5.41) is 30.2. The number of hydrogen-bond acceptors (Lipinski definition) is 3. The van der Waals surface area contributed by atoms with Crippen molar-refractivity contribution >= 4 is 11.4 Å². The number of rotatable bonds is 3. The van der Waals surface area contributed by atoms with Crippen LogP contribution in [0.25, 0.3) is 0 Å². The molecule has 4 nitrogen and oxygen atoms in total. The van der Waals surface area contributed by atoms with Crippen molar-refractivity contribution in [2.45, 2.75) is 25.6 Å². The highest BCUT2D eigenvalue weighted by Gasteiger charge is 2.51. The normalized spacial score (nSPS) is 15.3. The molecule has 7 heteroatoms. The fourth-order valence-corrected chi connectivity index (χ4v) is 2.21. The van der Waals surface area contributed by atoms with Gasteiger partial charge in [0, 0.05) is 28.6 Å². The number of quaternary nitrogens is 1. The first-order valence-corrected chi connectivity index (χ1v) is 6.79. The lowest BCUT2D eigenvalue weighted by molar-refractivity contribution is -0.259. The highest BCUT2D eigenvalue weighted by atomic mass is 19.4. The Bertz CT molecular complexity index is 694. The Morgan fingerprint density at radius 2 is 1.43 bits per heavy atom. The molecule has 0 radical (unpaired) electrons. The first-order chi connectivity index (χ1) is 10.5. The van der Waals surface area contributed by atoms with E-state index >= 15 is 0 Å². The molecule has 0 saturated heterocycles. The number of aliphatic hydroxyl groups is 1. The van der Waals surface area contributed by atoms with Gasteiger partial charge in [-0.15, -0.1) is 0 Å². The van der Waals surface area contributed by atoms with Crippen LogP contribution in [0.3, 0.4) is 0 Å². The van der Waals surface area contributed by atoms with E-state index in [1.54, 1.807) is 25.1 Å². The van der Waals surface area contributed by atoms with E-state index in [4.69, 9.17) is 0 Å². The molecule has 0 amide bonds. The molecule has 23 heavy (non-hydrogen) atoms. The van der Waals surface area contributed by atoms with E-state index in [2.05, 4.69) is 0 Å². The largest absolute Gasteiger partial charge is 0.421 e. The van der Waals surface area contributed by atoms with Crippen LogP contribution in [0, 0.1) is 6.92 Å². The number of para-hydroxylation sites is 1. The molecule has 0 aliphatic rings. The van der Waals surface area contributed by atoms with Crippen LogP contribution in [-0.4, -0.2) is 21.7 Å². The van der Waals surface area contributed by atoms with Gasteiger partial charge in [-0.2, -0.15) is 23.6 Å². The minimum absolute atomic E-state index is 0.0546. The average molecular weight is 328 g/mol. The highest BCUT2D eigenvalue weighted by Crippen LogP contribution is 2.40. The lowest BCUT2D eigenvalue weighted by Crippen LogP contribution is -2.39. The van der Waals surface area contributed by atoms with Crippen LogP contribution in [0.4, 0.5) is 24.5 Å². The van der Waals surface area contributed by atoms with Gasteiger partial charge in [-0.1, -0.05) is 18.2 Å². The molecule has 0 saturated carbocycles.